The maximum atomic E-state index is 12.0. The first kappa shape index (κ1) is 20.8. The van der Waals surface area contributed by atoms with Gasteiger partial charge in [-0.3, -0.25) is 0 Å². The fourth-order valence-electron chi connectivity index (χ4n) is 2.74. The van der Waals surface area contributed by atoms with E-state index in [1.165, 1.54) is 0 Å². The summed E-state index contributed by atoms with van der Waals surface area (Å²) in [5, 5.41) is 2.93. The molecule has 1 N–H and O–H groups in total. The van der Waals surface area contributed by atoms with Gasteiger partial charge in [-0.2, -0.15) is 0 Å². The minimum atomic E-state index is -0.511. The molecule has 1 saturated heterocycles. The van der Waals surface area contributed by atoms with E-state index >= 15 is 0 Å². The fourth-order valence-corrected chi connectivity index (χ4v) is 2.74. The van der Waals surface area contributed by atoms with Crippen molar-refractivity contribution in [3.05, 3.63) is 29.8 Å². The molecule has 0 radical (unpaired) electrons. The second-order valence-corrected chi connectivity index (χ2v) is 8.86. The number of amides is 1. The van der Waals surface area contributed by atoms with Crippen LogP contribution in [0.2, 0.25) is 0 Å². The van der Waals surface area contributed by atoms with Gasteiger partial charge in [0.25, 0.3) is 0 Å². The van der Waals surface area contributed by atoms with Gasteiger partial charge in [0.1, 0.15) is 5.60 Å². The lowest BCUT2D eigenvalue weighted by Gasteiger charge is -2.32. The minimum Gasteiger partial charge on any atom is -0.444 e. The maximum Gasteiger partial charge on any atom is 0.494 e. The Bertz CT molecular complexity index is 618. The van der Waals surface area contributed by atoms with Gasteiger partial charge in [0.15, 0.2) is 0 Å². The first-order chi connectivity index (χ1) is 11.8. The summed E-state index contributed by atoms with van der Waals surface area (Å²) in [6.45, 7) is 15.8. The second-order valence-electron chi connectivity index (χ2n) is 8.86. The van der Waals surface area contributed by atoms with Crippen molar-refractivity contribution in [1.82, 2.24) is 5.32 Å². The van der Waals surface area contributed by atoms with Crippen molar-refractivity contribution < 1.29 is 18.8 Å². The van der Waals surface area contributed by atoms with Gasteiger partial charge in [0.2, 0.25) is 0 Å². The third kappa shape index (κ3) is 4.80. The van der Waals surface area contributed by atoms with E-state index in [-0.39, 0.29) is 24.4 Å². The Morgan fingerprint density at radius 1 is 1.12 bits per heavy atom. The summed E-state index contributed by atoms with van der Waals surface area (Å²) in [5.74, 6) is 0. The summed E-state index contributed by atoms with van der Waals surface area (Å²) in [4.78, 5) is 12.0. The Morgan fingerprint density at radius 3 is 2.04 bits per heavy atom. The van der Waals surface area contributed by atoms with Crippen molar-refractivity contribution in [3.8, 4) is 0 Å². The summed E-state index contributed by atoms with van der Waals surface area (Å²) in [6, 6.07) is 7.91. The van der Waals surface area contributed by atoms with E-state index in [1.807, 2.05) is 79.7 Å². The van der Waals surface area contributed by atoms with Crippen molar-refractivity contribution in [1.29, 1.82) is 0 Å². The molecule has 0 aliphatic carbocycles. The summed E-state index contributed by atoms with van der Waals surface area (Å²) in [6.07, 6.45) is 0.370. The molecule has 1 amide bonds. The molecule has 1 aromatic rings. The average molecular weight is 361 g/mol. The Balaban J connectivity index is 2.07. The van der Waals surface area contributed by atoms with Gasteiger partial charge < -0.3 is 19.4 Å². The molecule has 1 aromatic carbocycles. The predicted octanol–water partition coefficient (Wildman–Crippen LogP) is 3.96. The van der Waals surface area contributed by atoms with E-state index in [1.54, 1.807) is 0 Å². The van der Waals surface area contributed by atoms with Crippen LogP contribution in [0.4, 0.5) is 4.79 Å². The van der Waals surface area contributed by atoms with E-state index in [2.05, 4.69) is 5.32 Å². The van der Waals surface area contributed by atoms with Crippen molar-refractivity contribution in [2.45, 2.75) is 84.7 Å². The van der Waals surface area contributed by atoms with E-state index in [4.69, 9.17) is 14.0 Å². The quantitative estimate of drug-likeness (QED) is 0.825. The number of hydrogen-bond donors (Lipinski definition) is 1. The van der Waals surface area contributed by atoms with Crippen LogP contribution in [-0.2, 0) is 14.0 Å². The van der Waals surface area contributed by atoms with Gasteiger partial charge in [-0.15, -0.1) is 0 Å². The van der Waals surface area contributed by atoms with E-state index < -0.39 is 11.7 Å². The highest BCUT2D eigenvalue weighted by Crippen LogP contribution is 2.36. The number of nitrogens with one attached hydrogen (secondary N) is 1. The zero-order chi connectivity index (χ0) is 19.8. The first-order valence-electron chi connectivity index (χ1n) is 9.29. The summed E-state index contributed by atoms with van der Waals surface area (Å²) >= 11 is 0. The lowest BCUT2D eigenvalue weighted by Crippen LogP contribution is -2.41. The molecule has 26 heavy (non-hydrogen) atoms. The van der Waals surface area contributed by atoms with Crippen LogP contribution in [0.25, 0.3) is 0 Å². The van der Waals surface area contributed by atoms with Crippen molar-refractivity contribution in [2.75, 3.05) is 0 Å². The topological polar surface area (TPSA) is 56.8 Å². The molecule has 1 unspecified atom stereocenters. The van der Waals surface area contributed by atoms with Crippen LogP contribution in [-0.4, -0.2) is 30.0 Å². The van der Waals surface area contributed by atoms with Gasteiger partial charge in [-0.25, -0.2) is 4.79 Å². The number of carbonyl (C=O) groups excluding carboxylic acids is 1. The maximum absolute atomic E-state index is 12.0. The fraction of sp³-hybridized carbons (Fsp3) is 0.650. The highest BCUT2D eigenvalue weighted by Gasteiger charge is 2.51. The number of rotatable bonds is 4. The highest BCUT2D eigenvalue weighted by molar-refractivity contribution is 6.62. The van der Waals surface area contributed by atoms with Crippen molar-refractivity contribution in [2.24, 2.45) is 0 Å². The van der Waals surface area contributed by atoms with Gasteiger partial charge in [0.05, 0.1) is 17.2 Å². The molecule has 1 fully saturated rings. The Kier molecular flexibility index (Phi) is 5.79. The predicted molar refractivity (Wildman–Crippen MR) is 105 cm³/mol. The van der Waals surface area contributed by atoms with Gasteiger partial charge in [0, 0.05) is 0 Å². The van der Waals surface area contributed by atoms with Gasteiger partial charge >= 0.3 is 13.2 Å². The molecule has 1 heterocycles. The van der Waals surface area contributed by atoms with Crippen molar-refractivity contribution in [3.63, 3.8) is 0 Å². The van der Waals surface area contributed by atoms with Crippen LogP contribution in [0.1, 0.15) is 73.4 Å². The normalized spacial score (nSPS) is 19.9. The largest absolute Gasteiger partial charge is 0.494 e. The molecule has 0 aromatic heterocycles. The average Bonchev–Trinajstić information content (AvgIpc) is 2.71. The number of benzene rings is 1. The molecule has 0 spiro atoms. The zero-order valence-electron chi connectivity index (χ0n) is 17.3. The Labute approximate surface area is 157 Å². The van der Waals surface area contributed by atoms with Gasteiger partial charge in [-0.05, 0) is 65.9 Å². The number of ether oxygens (including phenoxy) is 1. The third-order valence-electron chi connectivity index (χ3n) is 4.96. The number of alkyl carbamates (subject to hydrolysis) is 1. The molecular formula is C20H32BNO4. The van der Waals surface area contributed by atoms with E-state index in [9.17, 15) is 4.79 Å². The van der Waals surface area contributed by atoms with Crippen LogP contribution < -0.4 is 10.8 Å². The molecule has 1 aliphatic rings. The molecule has 2 rings (SSSR count). The molecule has 1 aliphatic heterocycles. The standard InChI is InChI=1S/C20H32BNO4/c1-9-16(22-17(23)24-18(2,3)4)14-10-12-15(13-11-14)21-25-19(5,6)20(7,8)26-21/h10-13,16H,9H2,1-8H3,(H,22,23). The van der Waals surface area contributed by atoms with E-state index in [0.29, 0.717) is 0 Å². The molecule has 0 bridgehead atoms. The van der Waals surface area contributed by atoms with E-state index in [0.717, 1.165) is 17.4 Å². The third-order valence-corrected chi connectivity index (χ3v) is 4.96. The summed E-state index contributed by atoms with van der Waals surface area (Å²) in [5.41, 5.74) is 0.766. The smallest absolute Gasteiger partial charge is 0.444 e. The SMILES string of the molecule is CCC(NC(=O)OC(C)(C)C)c1ccc(B2OC(C)(C)C(C)(C)O2)cc1. The van der Waals surface area contributed by atoms with Crippen LogP contribution in [0.3, 0.4) is 0 Å². The molecule has 6 heteroatoms. The molecule has 1 atom stereocenters. The minimum absolute atomic E-state index is 0.0998. The molecular weight excluding hydrogens is 329 g/mol. The number of hydrogen-bond acceptors (Lipinski definition) is 4. The van der Waals surface area contributed by atoms with Crippen LogP contribution in [0.5, 0.6) is 0 Å². The highest BCUT2D eigenvalue weighted by atomic mass is 16.7. The molecule has 144 valence electrons. The molecule has 0 saturated carbocycles. The van der Waals surface area contributed by atoms with Crippen LogP contribution >= 0.6 is 0 Å². The lowest BCUT2D eigenvalue weighted by molar-refractivity contribution is 0.00578. The monoisotopic (exact) mass is 361 g/mol. The summed E-state index contributed by atoms with van der Waals surface area (Å²) in [7, 11) is -0.382. The zero-order valence-corrected chi connectivity index (χ0v) is 17.3. The second kappa shape index (κ2) is 7.24. The Morgan fingerprint density at radius 2 is 1.62 bits per heavy atom. The molecule has 5 nitrogen and oxygen atoms in total. The number of carbonyl (C=O) groups is 1. The van der Waals surface area contributed by atoms with Gasteiger partial charge in [-0.1, -0.05) is 31.2 Å². The van der Waals surface area contributed by atoms with Crippen LogP contribution in [0, 0.1) is 0 Å². The van der Waals surface area contributed by atoms with Crippen LogP contribution in [0.15, 0.2) is 24.3 Å². The van der Waals surface area contributed by atoms with Crippen molar-refractivity contribution >= 4 is 18.7 Å². The Hall–Kier alpha value is -1.53. The first-order valence-corrected chi connectivity index (χ1v) is 9.29. The summed E-state index contributed by atoms with van der Waals surface area (Å²) < 4.78 is 17.5. The lowest BCUT2D eigenvalue weighted by atomic mass is 9.78.